The van der Waals surface area contributed by atoms with Gasteiger partial charge in [0, 0.05) is 31.1 Å². The molecule has 0 radical (unpaired) electrons. The normalized spacial score (nSPS) is 15.6. The zero-order valence-electron chi connectivity index (χ0n) is 13.2. The van der Waals surface area contributed by atoms with Crippen molar-refractivity contribution in [2.45, 2.75) is 19.3 Å². The Morgan fingerprint density at radius 1 is 1.14 bits per heavy atom. The van der Waals surface area contributed by atoms with Crippen LogP contribution in [-0.4, -0.2) is 49.9 Å². The van der Waals surface area contributed by atoms with E-state index in [0.29, 0.717) is 19.6 Å². The Balaban J connectivity index is 1.75. The predicted molar refractivity (Wildman–Crippen MR) is 86.6 cm³/mol. The highest BCUT2D eigenvalue weighted by molar-refractivity contribution is 5.94. The van der Waals surface area contributed by atoms with Crippen LogP contribution >= 0.6 is 0 Å². The summed E-state index contributed by atoms with van der Waals surface area (Å²) in [5.41, 5.74) is 0.720. The quantitative estimate of drug-likeness (QED) is 0.778. The first kappa shape index (κ1) is 16.5. The summed E-state index contributed by atoms with van der Waals surface area (Å²) in [7, 11) is 1.90. The van der Waals surface area contributed by atoms with Gasteiger partial charge in [0.2, 0.25) is 5.91 Å². The molecule has 0 aromatic heterocycles. The van der Waals surface area contributed by atoms with Gasteiger partial charge in [-0.15, -0.1) is 0 Å². The van der Waals surface area contributed by atoms with Crippen LogP contribution in [0, 0.1) is 5.92 Å². The first-order valence-corrected chi connectivity index (χ1v) is 7.99. The maximum Gasteiger partial charge on any atom is 0.253 e. The third kappa shape index (κ3) is 4.56. The standard InChI is InChI=1S/C17H25N3O2/c1-18-10-5-11-19-16(21)14-8-12-20(13-9-14)17(22)15-6-3-2-4-7-15/h2-4,6-7,14,18H,5,8-13H2,1H3,(H,19,21). The third-order valence-electron chi connectivity index (χ3n) is 4.08. The molecule has 1 aromatic rings. The maximum absolute atomic E-state index is 12.3. The van der Waals surface area contributed by atoms with Crippen molar-refractivity contribution in [2.75, 3.05) is 33.2 Å². The Hall–Kier alpha value is -1.88. The topological polar surface area (TPSA) is 61.4 Å². The molecule has 5 heteroatoms. The van der Waals surface area contributed by atoms with E-state index in [1.165, 1.54) is 0 Å². The van der Waals surface area contributed by atoms with E-state index < -0.39 is 0 Å². The molecule has 22 heavy (non-hydrogen) atoms. The van der Waals surface area contributed by atoms with E-state index >= 15 is 0 Å². The number of rotatable bonds is 6. The van der Waals surface area contributed by atoms with Gasteiger partial charge in [-0.25, -0.2) is 0 Å². The van der Waals surface area contributed by atoms with Crippen molar-refractivity contribution in [2.24, 2.45) is 5.92 Å². The van der Waals surface area contributed by atoms with Crippen LogP contribution in [0.25, 0.3) is 0 Å². The fourth-order valence-corrected chi connectivity index (χ4v) is 2.73. The average Bonchev–Trinajstić information content (AvgIpc) is 2.59. The molecule has 0 spiro atoms. The molecule has 2 N–H and O–H groups in total. The van der Waals surface area contributed by atoms with Gasteiger partial charge in [0.25, 0.3) is 5.91 Å². The Morgan fingerprint density at radius 3 is 2.45 bits per heavy atom. The van der Waals surface area contributed by atoms with Crippen molar-refractivity contribution < 1.29 is 9.59 Å². The average molecular weight is 303 g/mol. The minimum absolute atomic E-state index is 0.0365. The molecular weight excluding hydrogens is 278 g/mol. The summed E-state index contributed by atoms with van der Waals surface area (Å²) < 4.78 is 0. The molecule has 1 heterocycles. The smallest absolute Gasteiger partial charge is 0.253 e. The summed E-state index contributed by atoms with van der Waals surface area (Å²) in [4.78, 5) is 26.3. The van der Waals surface area contributed by atoms with E-state index in [1.54, 1.807) is 0 Å². The Bertz CT molecular complexity index is 482. The Morgan fingerprint density at radius 2 is 1.82 bits per heavy atom. The molecule has 1 saturated heterocycles. The number of carbonyl (C=O) groups excluding carboxylic acids is 2. The second-order valence-electron chi connectivity index (χ2n) is 5.68. The van der Waals surface area contributed by atoms with Crippen LogP contribution in [0.5, 0.6) is 0 Å². The second kappa shape index (κ2) is 8.54. The molecular formula is C17H25N3O2. The lowest BCUT2D eigenvalue weighted by Crippen LogP contribution is -2.43. The van der Waals surface area contributed by atoms with Gasteiger partial charge in [-0.05, 0) is 45.0 Å². The second-order valence-corrected chi connectivity index (χ2v) is 5.68. The summed E-state index contributed by atoms with van der Waals surface area (Å²) in [5, 5.41) is 6.04. The number of nitrogens with one attached hydrogen (secondary N) is 2. The van der Waals surface area contributed by atoms with Gasteiger partial charge in [-0.3, -0.25) is 9.59 Å². The highest BCUT2D eigenvalue weighted by Crippen LogP contribution is 2.19. The third-order valence-corrected chi connectivity index (χ3v) is 4.08. The summed E-state index contributed by atoms with van der Waals surface area (Å²) >= 11 is 0. The van der Waals surface area contributed by atoms with Crippen molar-refractivity contribution in [3.63, 3.8) is 0 Å². The largest absolute Gasteiger partial charge is 0.356 e. The van der Waals surface area contributed by atoms with E-state index in [-0.39, 0.29) is 17.7 Å². The number of hydrogen-bond donors (Lipinski definition) is 2. The van der Waals surface area contributed by atoms with E-state index in [0.717, 1.165) is 31.4 Å². The van der Waals surface area contributed by atoms with E-state index in [2.05, 4.69) is 10.6 Å². The van der Waals surface area contributed by atoms with Gasteiger partial charge in [-0.2, -0.15) is 0 Å². The maximum atomic E-state index is 12.3. The van der Waals surface area contributed by atoms with Crippen LogP contribution in [0.4, 0.5) is 0 Å². The molecule has 1 aliphatic rings. The summed E-state index contributed by atoms with van der Waals surface area (Å²) in [6.45, 7) is 2.93. The summed E-state index contributed by atoms with van der Waals surface area (Å²) in [6, 6.07) is 9.32. The van der Waals surface area contributed by atoms with Gasteiger partial charge >= 0.3 is 0 Å². The predicted octanol–water partition coefficient (Wildman–Crippen LogP) is 1.26. The number of hydrogen-bond acceptors (Lipinski definition) is 3. The van der Waals surface area contributed by atoms with Gasteiger partial charge in [0.15, 0.2) is 0 Å². The van der Waals surface area contributed by atoms with Crippen molar-refractivity contribution in [1.82, 2.24) is 15.5 Å². The van der Waals surface area contributed by atoms with Crippen molar-refractivity contribution in [1.29, 1.82) is 0 Å². The summed E-state index contributed by atoms with van der Waals surface area (Å²) in [5.74, 6) is 0.228. The number of nitrogens with zero attached hydrogens (tertiary/aromatic N) is 1. The molecule has 1 fully saturated rings. The summed E-state index contributed by atoms with van der Waals surface area (Å²) in [6.07, 6.45) is 2.43. The number of amides is 2. The molecule has 0 bridgehead atoms. The number of likely N-dealkylation sites (tertiary alicyclic amines) is 1. The van der Waals surface area contributed by atoms with Crippen LogP contribution < -0.4 is 10.6 Å². The van der Waals surface area contributed by atoms with Gasteiger partial charge in [0.05, 0.1) is 0 Å². The lowest BCUT2D eigenvalue weighted by atomic mass is 9.95. The van der Waals surface area contributed by atoms with Crippen LogP contribution in [0.3, 0.4) is 0 Å². The highest BCUT2D eigenvalue weighted by atomic mass is 16.2. The van der Waals surface area contributed by atoms with Crippen LogP contribution in [0.2, 0.25) is 0 Å². The zero-order valence-corrected chi connectivity index (χ0v) is 13.2. The minimum atomic E-state index is 0.0365. The van der Waals surface area contributed by atoms with Gasteiger partial charge < -0.3 is 15.5 Å². The van der Waals surface area contributed by atoms with E-state index in [9.17, 15) is 9.59 Å². The molecule has 2 amide bonds. The van der Waals surface area contributed by atoms with Crippen LogP contribution in [-0.2, 0) is 4.79 Å². The fourth-order valence-electron chi connectivity index (χ4n) is 2.73. The molecule has 5 nitrogen and oxygen atoms in total. The number of piperidine rings is 1. The Labute approximate surface area is 132 Å². The number of carbonyl (C=O) groups is 2. The molecule has 1 aromatic carbocycles. The molecule has 0 aliphatic carbocycles. The lowest BCUT2D eigenvalue weighted by molar-refractivity contribution is -0.126. The molecule has 2 rings (SSSR count). The molecule has 1 aliphatic heterocycles. The van der Waals surface area contributed by atoms with Gasteiger partial charge in [0.1, 0.15) is 0 Å². The van der Waals surface area contributed by atoms with Crippen molar-refractivity contribution in [3.05, 3.63) is 35.9 Å². The molecule has 0 unspecified atom stereocenters. The van der Waals surface area contributed by atoms with Crippen LogP contribution in [0.1, 0.15) is 29.6 Å². The van der Waals surface area contributed by atoms with E-state index in [1.807, 2.05) is 42.3 Å². The van der Waals surface area contributed by atoms with Crippen molar-refractivity contribution >= 4 is 11.8 Å². The number of benzene rings is 1. The molecule has 120 valence electrons. The van der Waals surface area contributed by atoms with Crippen molar-refractivity contribution in [3.8, 4) is 0 Å². The van der Waals surface area contributed by atoms with E-state index in [4.69, 9.17) is 0 Å². The Kier molecular flexibility index (Phi) is 6.40. The molecule has 0 atom stereocenters. The highest BCUT2D eigenvalue weighted by Gasteiger charge is 2.27. The molecule has 0 saturated carbocycles. The first-order chi connectivity index (χ1) is 10.7. The fraction of sp³-hybridized carbons (Fsp3) is 0.529. The van der Waals surface area contributed by atoms with Gasteiger partial charge in [-0.1, -0.05) is 18.2 Å². The first-order valence-electron chi connectivity index (χ1n) is 7.99. The lowest BCUT2D eigenvalue weighted by Gasteiger charge is -2.31. The van der Waals surface area contributed by atoms with Crippen LogP contribution in [0.15, 0.2) is 30.3 Å². The minimum Gasteiger partial charge on any atom is -0.356 e. The zero-order chi connectivity index (χ0) is 15.8. The SMILES string of the molecule is CNCCCNC(=O)C1CCN(C(=O)c2ccccc2)CC1. The monoisotopic (exact) mass is 303 g/mol.